The fourth-order valence-corrected chi connectivity index (χ4v) is 1.10. The van der Waals surface area contributed by atoms with Crippen molar-refractivity contribution in [2.45, 2.75) is 19.8 Å². The van der Waals surface area contributed by atoms with Gasteiger partial charge < -0.3 is 10.1 Å². The summed E-state index contributed by atoms with van der Waals surface area (Å²) in [5.74, 6) is -1.49. The standard InChI is InChI=1S/C12H15F2NO/c1-9(2)16-11-6-4-10(5-7-11)15-8-12(3,13)14/h4-7,15H,1,8H2,2-3H3. The third-order valence-corrected chi connectivity index (χ3v) is 1.75. The van der Waals surface area contributed by atoms with Gasteiger partial charge in [0.25, 0.3) is 5.92 Å². The molecule has 0 unspecified atom stereocenters. The molecule has 0 spiro atoms. The Morgan fingerprint density at radius 1 is 1.38 bits per heavy atom. The zero-order valence-corrected chi connectivity index (χ0v) is 9.39. The van der Waals surface area contributed by atoms with E-state index in [2.05, 4.69) is 11.9 Å². The predicted octanol–water partition coefficient (Wildman–Crippen LogP) is 3.67. The van der Waals surface area contributed by atoms with Crippen LogP contribution in [0.4, 0.5) is 14.5 Å². The summed E-state index contributed by atoms with van der Waals surface area (Å²) >= 11 is 0. The number of ether oxygens (including phenoxy) is 1. The summed E-state index contributed by atoms with van der Waals surface area (Å²) in [6, 6.07) is 6.77. The van der Waals surface area contributed by atoms with Gasteiger partial charge in [0.1, 0.15) is 5.75 Å². The SMILES string of the molecule is C=C(C)Oc1ccc(NCC(C)(F)F)cc1. The summed E-state index contributed by atoms with van der Waals surface area (Å²) < 4.78 is 30.4. The molecule has 0 heterocycles. The number of allylic oxidation sites excluding steroid dienone is 1. The molecule has 2 nitrogen and oxygen atoms in total. The molecule has 1 rings (SSSR count). The van der Waals surface area contributed by atoms with E-state index in [-0.39, 0.29) is 6.54 Å². The monoisotopic (exact) mass is 227 g/mol. The third kappa shape index (κ3) is 4.77. The van der Waals surface area contributed by atoms with Gasteiger partial charge in [0.2, 0.25) is 0 Å². The van der Waals surface area contributed by atoms with Crippen LogP contribution in [0, 0.1) is 0 Å². The van der Waals surface area contributed by atoms with Crippen molar-refractivity contribution in [1.82, 2.24) is 0 Å². The second kappa shape index (κ2) is 4.96. The molecule has 1 aromatic rings. The molecule has 0 aliphatic heterocycles. The highest BCUT2D eigenvalue weighted by Crippen LogP contribution is 2.19. The van der Waals surface area contributed by atoms with Crippen LogP contribution >= 0.6 is 0 Å². The van der Waals surface area contributed by atoms with Crippen LogP contribution in [0.15, 0.2) is 36.6 Å². The Morgan fingerprint density at radius 2 is 1.94 bits per heavy atom. The first kappa shape index (κ1) is 12.5. The van der Waals surface area contributed by atoms with Crippen LogP contribution in [-0.4, -0.2) is 12.5 Å². The molecule has 0 atom stereocenters. The molecule has 1 aromatic carbocycles. The van der Waals surface area contributed by atoms with Crippen molar-refractivity contribution in [2.75, 3.05) is 11.9 Å². The molecule has 1 N–H and O–H groups in total. The maximum Gasteiger partial charge on any atom is 0.262 e. The Kier molecular flexibility index (Phi) is 3.88. The Bertz CT molecular complexity index is 354. The van der Waals surface area contributed by atoms with Gasteiger partial charge in [0, 0.05) is 12.6 Å². The molecule has 0 radical (unpaired) electrons. The Labute approximate surface area is 93.9 Å². The number of benzene rings is 1. The number of hydrogen-bond acceptors (Lipinski definition) is 2. The summed E-state index contributed by atoms with van der Waals surface area (Å²) in [5.41, 5.74) is 0.635. The first-order chi connectivity index (χ1) is 7.37. The van der Waals surface area contributed by atoms with Gasteiger partial charge in [-0.25, -0.2) is 8.78 Å². The minimum Gasteiger partial charge on any atom is -0.463 e. The number of rotatable bonds is 5. The van der Waals surface area contributed by atoms with Gasteiger partial charge >= 0.3 is 0 Å². The first-order valence-electron chi connectivity index (χ1n) is 4.92. The Morgan fingerprint density at radius 3 is 2.38 bits per heavy atom. The van der Waals surface area contributed by atoms with E-state index in [0.29, 0.717) is 17.2 Å². The van der Waals surface area contributed by atoms with E-state index < -0.39 is 5.92 Å². The maximum atomic E-state index is 12.6. The summed E-state index contributed by atoms with van der Waals surface area (Å²) in [4.78, 5) is 0. The van der Waals surface area contributed by atoms with Gasteiger partial charge in [-0.3, -0.25) is 0 Å². The minimum atomic E-state index is -2.72. The van der Waals surface area contributed by atoms with Gasteiger partial charge in [-0.1, -0.05) is 6.58 Å². The molecule has 0 aromatic heterocycles. The number of halogens is 2. The predicted molar refractivity (Wildman–Crippen MR) is 61.0 cm³/mol. The molecule has 0 amide bonds. The molecule has 0 aliphatic carbocycles. The average Bonchev–Trinajstić information content (AvgIpc) is 2.14. The van der Waals surface area contributed by atoms with Crippen LogP contribution in [0.1, 0.15) is 13.8 Å². The van der Waals surface area contributed by atoms with Crippen molar-refractivity contribution in [1.29, 1.82) is 0 Å². The van der Waals surface area contributed by atoms with E-state index in [0.717, 1.165) is 6.92 Å². The van der Waals surface area contributed by atoms with Crippen molar-refractivity contribution in [3.05, 3.63) is 36.6 Å². The lowest BCUT2D eigenvalue weighted by molar-refractivity contribution is 0.0368. The lowest BCUT2D eigenvalue weighted by atomic mass is 10.3. The molecule has 0 saturated carbocycles. The fraction of sp³-hybridized carbons (Fsp3) is 0.333. The van der Waals surface area contributed by atoms with Crippen molar-refractivity contribution < 1.29 is 13.5 Å². The summed E-state index contributed by atoms with van der Waals surface area (Å²) in [6.45, 7) is 5.84. The molecule has 0 saturated heterocycles. The van der Waals surface area contributed by atoms with Crippen molar-refractivity contribution in [3.8, 4) is 5.75 Å². The zero-order chi connectivity index (χ0) is 12.2. The summed E-state index contributed by atoms with van der Waals surface area (Å²) in [5, 5.41) is 2.64. The second-order valence-electron chi connectivity index (χ2n) is 3.75. The van der Waals surface area contributed by atoms with Crippen molar-refractivity contribution >= 4 is 5.69 Å². The number of hydrogen-bond donors (Lipinski definition) is 1. The highest BCUT2D eigenvalue weighted by molar-refractivity contribution is 5.46. The van der Waals surface area contributed by atoms with Crippen LogP contribution in [0.2, 0.25) is 0 Å². The van der Waals surface area contributed by atoms with E-state index in [4.69, 9.17) is 4.74 Å². The Hall–Kier alpha value is -1.58. The van der Waals surface area contributed by atoms with Crippen molar-refractivity contribution in [3.63, 3.8) is 0 Å². The molecule has 4 heteroatoms. The van der Waals surface area contributed by atoms with E-state index in [1.54, 1.807) is 31.2 Å². The number of alkyl halides is 2. The van der Waals surface area contributed by atoms with Crippen LogP contribution < -0.4 is 10.1 Å². The molecule has 16 heavy (non-hydrogen) atoms. The number of anilines is 1. The lowest BCUT2D eigenvalue weighted by Crippen LogP contribution is -2.22. The highest BCUT2D eigenvalue weighted by atomic mass is 19.3. The molecular weight excluding hydrogens is 212 g/mol. The van der Waals surface area contributed by atoms with Gasteiger partial charge in [0.15, 0.2) is 0 Å². The summed E-state index contributed by atoms with van der Waals surface area (Å²) in [7, 11) is 0. The number of nitrogens with one attached hydrogen (secondary N) is 1. The van der Waals surface area contributed by atoms with Gasteiger partial charge in [-0.15, -0.1) is 0 Å². The van der Waals surface area contributed by atoms with Crippen molar-refractivity contribution in [2.24, 2.45) is 0 Å². The molecule has 0 fully saturated rings. The smallest absolute Gasteiger partial charge is 0.262 e. The van der Waals surface area contributed by atoms with Crippen LogP contribution in [0.25, 0.3) is 0 Å². The Balaban J connectivity index is 2.55. The molecule has 0 bridgehead atoms. The molecular formula is C12H15F2NO. The van der Waals surface area contributed by atoms with Crippen LogP contribution in [-0.2, 0) is 0 Å². The first-order valence-corrected chi connectivity index (χ1v) is 4.92. The summed E-state index contributed by atoms with van der Waals surface area (Å²) in [6.07, 6.45) is 0. The van der Waals surface area contributed by atoms with E-state index >= 15 is 0 Å². The van der Waals surface area contributed by atoms with E-state index in [1.165, 1.54) is 0 Å². The average molecular weight is 227 g/mol. The lowest BCUT2D eigenvalue weighted by Gasteiger charge is -2.12. The normalized spacial score (nSPS) is 11.0. The molecule has 88 valence electrons. The van der Waals surface area contributed by atoms with E-state index in [9.17, 15) is 8.78 Å². The van der Waals surface area contributed by atoms with Gasteiger partial charge in [0.05, 0.1) is 12.3 Å². The van der Waals surface area contributed by atoms with Crippen LogP contribution in [0.5, 0.6) is 5.75 Å². The van der Waals surface area contributed by atoms with Gasteiger partial charge in [-0.2, -0.15) is 0 Å². The fourth-order valence-electron chi connectivity index (χ4n) is 1.10. The van der Waals surface area contributed by atoms with E-state index in [1.807, 2.05) is 0 Å². The maximum absolute atomic E-state index is 12.6. The second-order valence-corrected chi connectivity index (χ2v) is 3.75. The van der Waals surface area contributed by atoms with Crippen LogP contribution in [0.3, 0.4) is 0 Å². The highest BCUT2D eigenvalue weighted by Gasteiger charge is 2.19. The largest absolute Gasteiger partial charge is 0.463 e. The minimum absolute atomic E-state index is 0.381. The third-order valence-electron chi connectivity index (χ3n) is 1.75. The molecule has 0 aliphatic rings. The quantitative estimate of drug-likeness (QED) is 0.775. The zero-order valence-electron chi connectivity index (χ0n) is 9.39. The van der Waals surface area contributed by atoms with Gasteiger partial charge in [-0.05, 0) is 31.2 Å². The topological polar surface area (TPSA) is 21.3 Å².